The molecule has 0 aromatic heterocycles. The highest BCUT2D eigenvalue weighted by atomic mass is 79.9. The van der Waals surface area contributed by atoms with Crippen LogP contribution in [0.4, 0.5) is 13.2 Å². The average molecular weight is 279 g/mol. The maximum atomic E-state index is 13.2. The number of hydrogen-bond donors (Lipinski definition) is 0. The van der Waals surface area contributed by atoms with Crippen molar-refractivity contribution in [3.8, 4) is 0 Å². The standard InChI is InChI=1S/C11H10BrF3/c1-2-7(6-12)3-8-4-10(14)11(15)5-9(8)13/h3-5H,2,6H2,1H3/b7-3-. The Hall–Kier alpha value is -0.770. The molecule has 82 valence electrons. The molecule has 1 aromatic carbocycles. The summed E-state index contributed by atoms with van der Waals surface area (Å²) in [6.45, 7) is 1.91. The molecule has 0 aliphatic carbocycles. The van der Waals surface area contributed by atoms with Crippen LogP contribution in [-0.4, -0.2) is 5.33 Å². The average Bonchev–Trinajstić information content (AvgIpc) is 2.21. The number of benzene rings is 1. The third-order valence-corrected chi connectivity index (χ3v) is 2.75. The van der Waals surface area contributed by atoms with Gasteiger partial charge in [-0.3, -0.25) is 0 Å². The zero-order valence-electron chi connectivity index (χ0n) is 8.16. The van der Waals surface area contributed by atoms with Gasteiger partial charge in [-0.15, -0.1) is 0 Å². The molecule has 0 spiro atoms. The molecule has 0 fully saturated rings. The molecule has 0 heterocycles. The summed E-state index contributed by atoms with van der Waals surface area (Å²) in [6, 6.07) is 1.42. The Morgan fingerprint density at radius 1 is 1.20 bits per heavy atom. The molecule has 0 unspecified atom stereocenters. The molecular formula is C11H10BrF3. The molecule has 0 saturated carbocycles. The highest BCUT2D eigenvalue weighted by molar-refractivity contribution is 9.09. The SMILES string of the molecule is CC/C(=C/c1cc(F)c(F)cc1F)CBr. The van der Waals surface area contributed by atoms with Crippen molar-refractivity contribution in [2.75, 3.05) is 5.33 Å². The molecule has 0 atom stereocenters. The molecule has 1 rings (SSSR count). The summed E-state index contributed by atoms with van der Waals surface area (Å²) in [5.74, 6) is -2.95. The molecule has 1 aromatic rings. The molecular weight excluding hydrogens is 269 g/mol. The van der Waals surface area contributed by atoms with Crippen molar-refractivity contribution in [2.24, 2.45) is 0 Å². The Bertz CT molecular complexity index is 380. The number of rotatable bonds is 3. The molecule has 15 heavy (non-hydrogen) atoms. The van der Waals surface area contributed by atoms with Crippen LogP contribution in [0.3, 0.4) is 0 Å². The predicted molar refractivity (Wildman–Crippen MR) is 58.4 cm³/mol. The van der Waals surface area contributed by atoms with Crippen molar-refractivity contribution in [1.82, 2.24) is 0 Å². The van der Waals surface area contributed by atoms with E-state index in [0.29, 0.717) is 11.4 Å². The van der Waals surface area contributed by atoms with E-state index in [0.717, 1.165) is 18.1 Å². The first-order chi connectivity index (χ1) is 7.08. The van der Waals surface area contributed by atoms with Gasteiger partial charge in [0, 0.05) is 17.0 Å². The van der Waals surface area contributed by atoms with E-state index >= 15 is 0 Å². The molecule has 0 aliphatic rings. The number of hydrogen-bond acceptors (Lipinski definition) is 0. The second-order valence-electron chi connectivity index (χ2n) is 3.08. The quantitative estimate of drug-likeness (QED) is 0.572. The van der Waals surface area contributed by atoms with Crippen molar-refractivity contribution in [2.45, 2.75) is 13.3 Å². The predicted octanol–water partition coefficient (Wildman–Crippen LogP) is 4.29. The second kappa shape index (κ2) is 5.35. The molecule has 0 radical (unpaired) electrons. The van der Waals surface area contributed by atoms with Crippen molar-refractivity contribution in [3.05, 3.63) is 40.7 Å². The van der Waals surface area contributed by atoms with Crippen LogP contribution in [0.5, 0.6) is 0 Å². The normalized spacial score (nSPS) is 11.9. The lowest BCUT2D eigenvalue weighted by Gasteiger charge is -2.02. The first-order valence-corrected chi connectivity index (χ1v) is 5.60. The number of alkyl halides is 1. The van der Waals surface area contributed by atoms with Crippen LogP contribution in [0.25, 0.3) is 6.08 Å². The van der Waals surface area contributed by atoms with Crippen molar-refractivity contribution < 1.29 is 13.2 Å². The van der Waals surface area contributed by atoms with Crippen LogP contribution in [0, 0.1) is 17.5 Å². The zero-order chi connectivity index (χ0) is 11.4. The van der Waals surface area contributed by atoms with Gasteiger partial charge in [0.05, 0.1) is 0 Å². The van der Waals surface area contributed by atoms with E-state index < -0.39 is 17.5 Å². The van der Waals surface area contributed by atoms with Crippen LogP contribution < -0.4 is 0 Å². The molecule has 0 nitrogen and oxygen atoms in total. The van der Waals surface area contributed by atoms with Gasteiger partial charge in [-0.05, 0) is 12.5 Å². The van der Waals surface area contributed by atoms with Crippen LogP contribution in [-0.2, 0) is 0 Å². The van der Waals surface area contributed by atoms with E-state index in [2.05, 4.69) is 15.9 Å². The minimum atomic E-state index is -1.17. The van der Waals surface area contributed by atoms with Crippen LogP contribution in [0.1, 0.15) is 18.9 Å². The highest BCUT2D eigenvalue weighted by Crippen LogP contribution is 2.18. The summed E-state index contributed by atoms with van der Waals surface area (Å²) in [4.78, 5) is 0. The largest absolute Gasteiger partial charge is 0.206 e. The summed E-state index contributed by atoms with van der Waals surface area (Å²) in [7, 11) is 0. The van der Waals surface area contributed by atoms with Gasteiger partial charge in [0.1, 0.15) is 5.82 Å². The Kier molecular flexibility index (Phi) is 4.39. The lowest BCUT2D eigenvalue weighted by atomic mass is 10.1. The fraction of sp³-hybridized carbons (Fsp3) is 0.273. The third kappa shape index (κ3) is 3.09. The monoisotopic (exact) mass is 278 g/mol. The third-order valence-electron chi connectivity index (χ3n) is 2.02. The molecule has 0 amide bonds. The van der Waals surface area contributed by atoms with Gasteiger partial charge < -0.3 is 0 Å². The maximum absolute atomic E-state index is 13.2. The molecule has 0 N–H and O–H groups in total. The number of halogens is 4. The van der Waals surface area contributed by atoms with E-state index in [9.17, 15) is 13.2 Å². The van der Waals surface area contributed by atoms with Gasteiger partial charge in [-0.2, -0.15) is 0 Å². The lowest BCUT2D eigenvalue weighted by molar-refractivity contribution is 0.494. The first kappa shape index (κ1) is 12.3. The van der Waals surface area contributed by atoms with Gasteiger partial charge in [0.25, 0.3) is 0 Å². The summed E-state index contributed by atoms with van der Waals surface area (Å²) in [5, 5.41) is 0.585. The fourth-order valence-corrected chi connectivity index (χ4v) is 1.66. The van der Waals surface area contributed by atoms with Crippen molar-refractivity contribution in [3.63, 3.8) is 0 Å². The summed E-state index contributed by atoms with van der Waals surface area (Å²) in [6.07, 6.45) is 2.25. The van der Waals surface area contributed by atoms with E-state index in [1.165, 1.54) is 6.08 Å². The van der Waals surface area contributed by atoms with Crippen molar-refractivity contribution >= 4 is 22.0 Å². The van der Waals surface area contributed by atoms with E-state index in [4.69, 9.17) is 0 Å². The molecule has 0 saturated heterocycles. The molecule has 4 heteroatoms. The van der Waals surface area contributed by atoms with Crippen molar-refractivity contribution in [1.29, 1.82) is 0 Å². The molecule has 0 aliphatic heterocycles. The van der Waals surface area contributed by atoms with E-state index in [1.54, 1.807) is 0 Å². The fourth-order valence-electron chi connectivity index (χ4n) is 1.10. The van der Waals surface area contributed by atoms with Gasteiger partial charge >= 0.3 is 0 Å². The van der Waals surface area contributed by atoms with E-state index in [-0.39, 0.29) is 5.56 Å². The zero-order valence-corrected chi connectivity index (χ0v) is 9.74. The second-order valence-corrected chi connectivity index (χ2v) is 3.64. The van der Waals surface area contributed by atoms with Gasteiger partial charge in [0.15, 0.2) is 11.6 Å². The maximum Gasteiger partial charge on any atom is 0.161 e. The Morgan fingerprint density at radius 3 is 2.33 bits per heavy atom. The number of allylic oxidation sites excluding steroid dienone is 1. The minimum Gasteiger partial charge on any atom is -0.206 e. The van der Waals surface area contributed by atoms with Crippen LogP contribution in [0.15, 0.2) is 17.7 Å². The minimum absolute atomic E-state index is 0.0743. The van der Waals surface area contributed by atoms with E-state index in [1.807, 2.05) is 6.92 Å². The van der Waals surface area contributed by atoms with Crippen LogP contribution in [0.2, 0.25) is 0 Å². The first-order valence-electron chi connectivity index (χ1n) is 4.48. The topological polar surface area (TPSA) is 0 Å². The summed E-state index contributed by atoms with van der Waals surface area (Å²) in [5.41, 5.74) is 0.991. The Morgan fingerprint density at radius 2 is 1.80 bits per heavy atom. The smallest absolute Gasteiger partial charge is 0.161 e. The Labute approximate surface area is 94.9 Å². The van der Waals surface area contributed by atoms with Crippen LogP contribution >= 0.6 is 15.9 Å². The van der Waals surface area contributed by atoms with Gasteiger partial charge in [-0.1, -0.05) is 34.5 Å². The highest BCUT2D eigenvalue weighted by Gasteiger charge is 2.08. The van der Waals surface area contributed by atoms with Gasteiger partial charge in [0.2, 0.25) is 0 Å². The van der Waals surface area contributed by atoms with Gasteiger partial charge in [-0.25, -0.2) is 13.2 Å². The summed E-state index contributed by atoms with van der Waals surface area (Å²) < 4.78 is 38.6. The Balaban J connectivity index is 3.15. The molecule has 0 bridgehead atoms. The summed E-state index contributed by atoms with van der Waals surface area (Å²) >= 11 is 3.23. The lowest BCUT2D eigenvalue weighted by Crippen LogP contribution is -1.92.